The third-order valence-corrected chi connectivity index (χ3v) is 12.3. The number of aliphatic hydroxyl groups excluding tert-OH is 1. The average molecular weight is 417 g/mol. The monoisotopic (exact) mass is 416 g/mol. The minimum Gasteiger partial charge on any atom is -0.459 e. The molecule has 0 radical (unpaired) electrons. The molecule has 0 bridgehead atoms. The molecule has 4 saturated carbocycles. The molecule has 30 heavy (non-hydrogen) atoms. The molecule has 9 atom stereocenters. The Labute approximate surface area is 183 Å². The van der Waals surface area contributed by atoms with Gasteiger partial charge in [-0.15, -0.1) is 0 Å². The maximum absolute atomic E-state index is 12.0. The van der Waals surface area contributed by atoms with E-state index in [4.69, 9.17) is 4.74 Å². The Morgan fingerprint density at radius 2 is 1.47 bits per heavy atom. The van der Waals surface area contributed by atoms with Crippen molar-refractivity contribution in [2.24, 2.45) is 45.3 Å². The molecule has 5 fully saturated rings. The predicted molar refractivity (Wildman–Crippen MR) is 119 cm³/mol. The van der Waals surface area contributed by atoms with Gasteiger partial charge in [-0.1, -0.05) is 34.6 Å². The minimum atomic E-state index is -0.235. The van der Waals surface area contributed by atoms with Gasteiger partial charge in [0.25, 0.3) is 0 Å². The van der Waals surface area contributed by atoms with Gasteiger partial charge in [-0.05, 0) is 104 Å². The van der Waals surface area contributed by atoms with Crippen LogP contribution >= 0.6 is 0 Å². The number of esters is 1. The van der Waals surface area contributed by atoms with Crippen LogP contribution in [0.3, 0.4) is 0 Å². The van der Waals surface area contributed by atoms with E-state index in [0.717, 1.165) is 18.8 Å². The van der Waals surface area contributed by atoms with Gasteiger partial charge < -0.3 is 9.84 Å². The van der Waals surface area contributed by atoms with Gasteiger partial charge in [0, 0.05) is 12.3 Å². The van der Waals surface area contributed by atoms with E-state index in [1.54, 1.807) is 0 Å². The summed E-state index contributed by atoms with van der Waals surface area (Å²) < 4.78 is 5.97. The Morgan fingerprint density at radius 3 is 2.13 bits per heavy atom. The molecule has 170 valence electrons. The van der Waals surface area contributed by atoms with Crippen LogP contribution in [0.5, 0.6) is 0 Å². The van der Waals surface area contributed by atoms with Crippen LogP contribution in [0.4, 0.5) is 0 Å². The minimum absolute atomic E-state index is 0.0158. The van der Waals surface area contributed by atoms with Crippen LogP contribution in [0.25, 0.3) is 0 Å². The summed E-state index contributed by atoms with van der Waals surface area (Å²) in [7, 11) is 0. The highest BCUT2D eigenvalue weighted by Gasteiger charge is 2.69. The quantitative estimate of drug-likeness (QED) is 0.523. The van der Waals surface area contributed by atoms with E-state index in [-0.39, 0.29) is 23.1 Å². The van der Waals surface area contributed by atoms with Crippen molar-refractivity contribution in [3.63, 3.8) is 0 Å². The number of rotatable bonds is 1. The summed E-state index contributed by atoms with van der Waals surface area (Å²) in [5.41, 5.74) is 0.822. The zero-order chi connectivity index (χ0) is 21.7. The smallest absolute Gasteiger partial charge is 0.306 e. The second-order valence-electron chi connectivity index (χ2n) is 13.5. The molecule has 0 aromatic carbocycles. The molecule has 0 spiro atoms. The second kappa shape index (κ2) is 6.27. The fourth-order valence-corrected chi connectivity index (χ4v) is 10.4. The van der Waals surface area contributed by atoms with Gasteiger partial charge in [-0.25, -0.2) is 0 Å². The van der Waals surface area contributed by atoms with Gasteiger partial charge in [0.2, 0.25) is 0 Å². The van der Waals surface area contributed by atoms with Crippen LogP contribution in [-0.4, -0.2) is 22.8 Å². The van der Waals surface area contributed by atoms with Gasteiger partial charge >= 0.3 is 5.97 Å². The number of aliphatic hydroxyl groups is 1. The first-order valence-electron chi connectivity index (χ1n) is 12.8. The number of hydrogen-bond acceptors (Lipinski definition) is 3. The van der Waals surface area contributed by atoms with Crippen molar-refractivity contribution in [2.45, 2.75) is 117 Å². The summed E-state index contributed by atoms with van der Waals surface area (Å²) in [5, 5.41) is 10.8. The molecule has 3 heteroatoms. The number of carbonyl (C=O) groups is 1. The van der Waals surface area contributed by atoms with Crippen LogP contribution < -0.4 is 0 Å². The molecule has 5 aliphatic rings. The van der Waals surface area contributed by atoms with Crippen molar-refractivity contribution in [3.8, 4) is 0 Å². The highest BCUT2D eigenvalue weighted by molar-refractivity contribution is 5.72. The summed E-state index contributed by atoms with van der Waals surface area (Å²) in [4.78, 5) is 12.0. The average Bonchev–Trinajstić information content (AvgIpc) is 3.20. The SMILES string of the molecule is CC1(C)[C@@H](O)CC[C@]2(C)[C@H]3CC[C@H]4[C@H]([C@]5(C)CCC(=O)O5)CC[C@@]4(C)[C@]3(C)CC[C@@H]12. The first kappa shape index (κ1) is 21.3. The van der Waals surface area contributed by atoms with Crippen LogP contribution in [-0.2, 0) is 9.53 Å². The lowest BCUT2D eigenvalue weighted by molar-refractivity contribution is -0.225. The van der Waals surface area contributed by atoms with Crippen LogP contribution in [0, 0.1) is 45.3 Å². The largest absolute Gasteiger partial charge is 0.459 e. The molecule has 5 rings (SSSR count). The van der Waals surface area contributed by atoms with E-state index >= 15 is 0 Å². The third-order valence-electron chi connectivity index (χ3n) is 12.3. The predicted octanol–water partition coefficient (Wildman–Crippen LogP) is 6.13. The third kappa shape index (κ3) is 2.45. The first-order valence-corrected chi connectivity index (χ1v) is 12.8. The Bertz CT molecular complexity index is 744. The number of hydrogen-bond donors (Lipinski definition) is 1. The Balaban J connectivity index is 1.49. The fourth-order valence-electron chi connectivity index (χ4n) is 10.4. The maximum Gasteiger partial charge on any atom is 0.306 e. The van der Waals surface area contributed by atoms with Gasteiger partial charge in [-0.2, -0.15) is 0 Å². The van der Waals surface area contributed by atoms with Crippen molar-refractivity contribution in [3.05, 3.63) is 0 Å². The number of cyclic esters (lactones) is 1. The fraction of sp³-hybridized carbons (Fsp3) is 0.963. The molecular weight excluding hydrogens is 372 g/mol. The van der Waals surface area contributed by atoms with Gasteiger partial charge in [0.05, 0.1) is 6.10 Å². The van der Waals surface area contributed by atoms with Gasteiger partial charge in [0.1, 0.15) is 5.60 Å². The summed E-state index contributed by atoms with van der Waals surface area (Å²) >= 11 is 0. The maximum atomic E-state index is 12.0. The van der Waals surface area contributed by atoms with E-state index in [1.165, 1.54) is 44.9 Å². The van der Waals surface area contributed by atoms with E-state index in [1.807, 2.05) is 0 Å². The zero-order valence-corrected chi connectivity index (χ0v) is 20.2. The van der Waals surface area contributed by atoms with E-state index in [0.29, 0.717) is 40.4 Å². The molecular formula is C27H44O3. The molecule has 4 aliphatic carbocycles. The molecule has 1 saturated heterocycles. The standard InChI is InChI=1S/C27H44O3/c1-23(2)19-10-15-26(5)20(24(19,3)13-11-21(23)28)8-7-17-18(9-14-25(17,26)4)27(6)16-12-22(29)30-27/h17-21,28H,7-16H2,1-6H3/t17-,18+,19-,20+,21-,24-,25+,26+,27-/m0/s1. The molecule has 1 heterocycles. The Kier molecular flexibility index (Phi) is 4.45. The molecule has 0 aromatic heterocycles. The van der Waals surface area contributed by atoms with E-state index in [9.17, 15) is 9.90 Å². The van der Waals surface area contributed by atoms with Crippen LogP contribution in [0.1, 0.15) is 106 Å². The van der Waals surface area contributed by atoms with Crippen molar-refractivity contribution >= 4 is 5.97 Å². The Hall–Kier alpha value is -0.570. The van der Waals surface area contributed by atoms with Crippen molar-refractivity contribution in [1.82, 2.24) is 0 Å². The summed E-state index contributed by atoms with van der Waals surface area (Å²) in [6, 6.07) is 0. The topological polar surface area (TPSA) is 46.5 Å². The molecule has 1 N–H and O–H groups in total. The van der Waals surface area contributed by atoms with E-state index in [2.05, 4.69) is 41.5 Å². The van der Waals surface area contributed by atoms with Crippen molar-refractivity contribution in [1.29, 1.82) is 0 Å². The van der Waals surface area contributed by atoms with Crippen LogP contribution in [0.15, 0.2) is 0 Å². The number of carbonyl (C=O) groups excluding carboxylic acids is 1. The molecule has 0 aromatic rings. The van der Waals surface area contributed by atoms with E-state index < -0.39 is 0 Å². The summed E-state index contributed by atoms with van der Waals surface area (Å²) in [6.07, 6.45) is 11.2. The van der Waals surface area contributed by atoms with Gasteiger partial charge in [-0.3, -0.25) is 4.79 Å². The summed E-state index contributed by atoms with van der Waals surface area (Å²) in [6.45, 7) is 14.7. The molecule has 1 aliphatic heterocycles. The molecule has 3 nitrogen and oxygen atoms in total. The lowest BCUT2D eigenvalue weighted by atomic mass is 9.35. The summed E-state index contributed by atoms with van der Waals surface area (Å²) in [5.74, 6) is 2.59. The van der Waals surface area contributed by atoms with Crippen molar-refractivity contribution in [2.75, 3.05) is 0 Å². The highest BCUT2D eigenvalue weighted by Crippen LogP contribution is 2.76. The number of ether oxygens (including phenoxy) is 1. The normalized spacial score (nSPS) is 57.3. The lowest BCUT2D eigenvalue weighted by Gasteiger charge is -2.70. The molecule has 0 amide bonds. The second-order valence-corrected chi connectivity index (χ2v) is 13.5. The number of fused-ring (bicyclic) bond motifs is 5. The van der Waals surface area contributed by atoms with Crippen LogP contribution in [0.2, 0.25) is 0 Å². The Morgan fingerprint density at radius 1 is 0.767 bits per heavy atom. The lowest BCUT2D eigenvalue weighted by Crippen LogP contribution is -2.64. The van der Waals surface area contributed by atoms with Gasteiger partial charge in [0.15, 0.2) is 0 Å². The molecule has 0 unspecified atom stereocenters. The van der Waals surface area contributed by atoms with Crippen molar-refractivity contribution < 1.29 is 14.6 Å². The zero-order valence-electron chi connectivity index (χ0n) is 20.2. The first-order chi connectivity index (χ1) is 13.9. The highest BCUT2D eigenvalue weighted by atomic mass is 16.6.